The van der Waals surface area contributed by atoms with Crippen LogP contribution in [0, 0.1) is 5.82 Å². The Morgan fingerprint density at radius 1 is 1.05 bits per heavy atom. The van der Waals surface area contributed by atoms with Crippen LogP contribution in [0.5, 0.6) is 5.75 Å². The first-order valence-corrected chi connectivity index (χ1v) is 6.04. The lowest BCUT2D eigenvalue weighted by atomic mass is 9.83. The summed E-state index contributed by atoms with van der Waals surface area (Å²) in [6.07, 6.45) is -3.75. The van der Waals surface area contributed by atoms with Gasteiger partial charge in [0.1, 0.15) is 6.17 Å². The van der Waals surface area contributed by atoms with Crippen LogP contribution in [0.25, 0.3) is 0 Å². The number of benzene rings is 1. The number of ether oxygens (including phenoxy) is 1. The first kappa shape index (κ1) is 14.1. The third-order valence-corrected chi connectivity index (χ3v) is 3.31. The Balaban J connectivity index is 2.10. The van der Waals surface area contributed by atoms with Gasteiger partial charge >= 0.3 is 6.36 Å². The average molecular weight is 280 g/mol. The van der Waals surface area contributed by atoms with Crippen LogP contribution in [0.15, 0.2) is 18.2 Å². The summed E-state index contributed by atoms with van der Waals surface area (Å²) in [5.74, 6) is -1.88. The third kappa shape index (κ3) is 3.81. The molecule has 1 saturated carbocycles. The van der Waals surface area contributed by atoms with E-state index in [0.29, 0.717) is 31.2 Å². The minimum Gasteiger partial charge on any atom is -0.403 e. The lowest BCUT2D eigenvalue weighted by Gasteiger charge is -2.24. The van der Waals surface area contributed by atoms with E-state index >= 15 is 0 Å². The van der Waals surface area contributed by atoms with Crippen LogP contribution in [-0.4, -0.2) is 12.5 Å². The van der Waals surface area contributed by atoms with Crippen LogP contribution in [0.3, 0.4) is 0 Å². The maximum Gasteiger partial charge on any atom is 0.573 e. The van der Waals surface area contributed by atoms with Crippen molar-refractivity contribution >= 4 is 0 Å². The summed E-state index contributed by atoms with van der Waals surface area (Å²) in [6, 6.07) is 3.43. The highest BCUT2D eigenvalue weighted by molar-refractivity contribution is 5.31. The van der Waals surface area contributed by atoms with Gasteiger partial charge in [-0.15, -0.1) is 13.2 Å². The zero-order valence-corrected chi connectivity index (χ0v) is 10.0. The van der Waals surface area contributed by atoms with Crippen LogP contribution < -0.4 is 4.74 Å². The van der Waals surface area contributed by atoms with Gasteiger partial charge in [-0.1, -0.05) is 6.07 Å². The van der Waals surface area contributed by atoms with Gasteiger partial charge in [0.2, 0.25) is 0 Å². The van der Waals surface area contributed by atoms with Gasteiger partial charge in [-0.05, 0) is 49.3 Å². The zero-order chi connectivity index (χ0) is 14.0. The van der Waals surface area contributed by atoms with E-state index in [0.717, 1.165) is 12.1 Å². The highest BCUT2D eigenvalue weighted by Crippen LogP contribution is 2.36. The summed E-state index contributed by atoms with van der Waals surface area (Å²) in [6.45, 7) is 0. The fourth-order valence-electron chi connectivity index (χ4n) is 2.36. The number of rotatable bonds is 2. The molecule has 1 aliphatic rings. The van der Waals surface area contributed by atoms with Crippen LogP contribution in [-0.2, 0) is 0 Å². The first-order valence-electron chi connectivity index (χ1n) is 6.04. The number of hydrogen-bond acceptors (Lipinski definition) is 1. The lowest BCUT2D eigenvalue weighted by Crippen LogP contribution is -2.18. The van der Waals surface area contributed by atoms with Crippen molar-refractivity contribution in [2.75, 3.05) is 0 Å². The number of halogens is 5. The predicted octanol–water partition coefficient (Wildman–Crippen LogP) is 4.72. The van der Waals surface area contributed by atoms with E-state index < -0.39 is 24.1 Å². The fraction of sp³-hybridized carbons (Fsp3) is 0.538. The van der Waals surface area contributed by atoms with Crippen molar-refractivity contribution in [3.05, 3.63) is 29.6 Å². The minimum atomic E-state index is -4.91. The molecule has 1 aromatic carbocycles. The monoisotopic (exact) mass is 280 g/mol. The molecule has 106 valence electrons. The second kappa shape index (κ2) is 5.35. The molecule has 6 heteroatoms. The molecule has 0 aromatic heterocycles. The molecule has 0 spiro atoms. The van der Waals surface area contributed by atoms with Gasteiger partial charge in [-0.3, -0.25) is 0 Å². The van der Waals surface area contributed by atoms with Crippen molar-refractivity contribution in [1.29, 1.82) is 0 Å². The van der Waals surface area contributed by atoms with Gasteiger partial charge in [0.15, 0.2) is 11.6 Å². The van der Waals surface area contributed by atoms with E-state index in [2.05, 4.69) is 4.74 Å². The first-order chi connectivity index (χ1) is 8.85. The molecule has 1 aliphatic carbocycles. The molecule has 0 heterocycles. The van der Waals surface area contributed by atoms with Crippen LogP contribution >= 0.6 is 0 Å². The Morgan fingerprint density at radius 2 is 1.68 bits per heavy atom. The average Bonchev–Trinajstić information content (AvgIpc) is 2.31. The molecule has 0 saturated heterocycles. The molecule has 0 aliphatic heterocycles. The van der Waals surface area contributed by atoms with Crippen LogP contribution in [0.4, 0.5) is 22.0 Å². The SMILES string of the molecule is Fc1cc(C2CCC(F)CC2)ccc1OC(F)(F)F. The van der Waals surface area contributed by atoms with Crippen molar-refractivity contribution in [2.24, 2.45) is 0 Å². The van der Waals surface area contributed by atoms with Gasteiger partial charge < -0.3 is 4.74 Å². The predicted molar refractivity (Wildman–Crippen MR) is 59.2 cm³/mol. The molecule has 1 nitrogen and oxygen atoms in total. The molecule has 0 unspecified atom stereocenters. The van der Waals surface area contributed by atoms with Gasteiger partial charge in [-0.25, -0.2) is 8.78 Å². The largest absolute Gasteiger partial charge is 0.573 e. The Bertz CT molecular complexity index is 435. The number of alkyl halides is 4. The second-order valence-corrected chi connectivity index (χ2v) is 4.69. The topological polar surface area (TPSA) is 9.23 Å². The van der Waals surface area contributed by atoms with Gasteiger partial charge in [0.25, 0.3) is 0 Å². The molecule has 1 fully saturated rings. The maximum absolute atomic E-state index is 13.5. The fourth-order valence-corrected chi connectivity index (χ4v) is 2.36. The van der Waals surface area contributed by atoms with Crippen molar-refractivity contribution in [1.82, 2.24) is 0 Å². The zero-order valence-electron chi connectivity index (χ0n) is 10.0. The normalized spacial score (nSPS) is 24.3. The highest BCUT2D eigenvalue weighted by atomic mass is 19.4. The smallest absolute Gasteiger partial charge is 0.403 e. The molecule has 19 heavy (non-hydrogen) atoms. The molecule has 1 aromatic rings. The molecule has 0 amide bonds. The van der Waals surface area contributed by atoms with Crippen molar-refractivity contribution in [3.63, 3.8) is 0 Å². The van der Waals surface area contributed by atoms with Crippen molar-refractivity contribution in [3.8, 4) is 5.75 Å². The van der Waals surface area contributed by atoms with E-state index in [9.17, 15) is 22.0 Å². The lowest BCUT2D eigenvalue weighted by molar-refractivity contribution is -0.275. The molecular formula is C13H13F5O. The van der Waals surface area contributed by atoms with E-state index in [1.807, 2.05) is 0 Å². The Kier molecular flexibility index (Phi) is 3.96. The summed E-state index contributed by atoms with van der Waals surface area (Å²) in [7, 11) is 0. The quantitative estimate of drug-likeness (QED) is 0.712. The summed E-state index contributed by atoms with van der Waals surface area (Å²) >= 11 is 0. The van der Waals surface area contributed by atoms with E-state index in [1.165, 1.54) is 6.07 Å². The number of hydrogen-bond donors (Lipinski definition) is 0. The molecule has 0 radical (unpaired) electrons. The Morgan fingerprint density at radius 3 is 2.21 bits per heavy atom. The minimum absolute atomic E-state index is 0.00133. The van der Waals surface area contributed by atoms with Gasteiger partial charge in [-0.2, -0.15) is 0 Å². The van der Waals surface area contributed by atoms with E-state index in [1.54, 1.807) is 0 Å². The standard InChI is InChI=1S/C13H13F5O/c14-10-4-1-8(2-5-10)9-3-6-12(11(15)7-9)19-13(16,17)18/h3,6-8,10H,1-2,4-5H2. The Hall–Kier alpha value is -1.33. The van der Waals surface area contributed by atoms with Crippen LogP contribution in [0.2, 0.25) is 0 Å². The molecular weight excluding hydrogens is 267 g/mol. The maximum atomic E-state index is 13.5. The van der Waals surface area contributed by atoms with Gasteiger partial charge in [0.05, 0.1) is 0 Å². The Labute approximate surface area is 107 Å². The summed E-state index contributed by atoms with van der Waals surface area (Å²) in [5.41, 5.74) is 0.596. The van der Waals surface area contributed by atoms with Crippen molar-refractivity contribution in [2.45, 2.75) is 44.1 Å². The molecule has 0 N–H and O–H groups in total. The molecule has 0 atom stereocenters. The third-order valence-electron chi connectivity index (χ3n) is 3.31. The summed E-state index contributed by atoms with van der Waals surface area (Å²) < 4.78 is 66.0. The second-order valence-electron chi connectivity index (χ2n) is 4.69. The molecule has 0 bridgehead atoms. The van der Waals surface area contributed by atoms with E-state index in [4.69, 9.17) is 0 Å². The highest BCUT2D eigenvalue weighted by Gasteiger charge is 2.32. The van der Waals surface area contributed by atoms with Crippen molar-refractivity contribution < 1.29 is 26.7 Å². The van der Waals surface area contributed by atoms with Gasteiger partial charge in [0, 0.05) is 0 Å². The van der Waals surface area contributed by atoms with Crippen LogP contribution in [0.1, 0.15) is 37.2 Å². The van der Waals surface area contributed by atoms with E-state index in [-0.39, 0.29) is 5.92 Å². The molecule has 2 rings (SSSR count). The summed E-state index contributed by atoms with van der Waals surface area (Å²) in [4.78, 5) is 0. The summed E-state index contributed by atoms with van der Waals surface area (Å²) in [5, 5.41) is 0.